The maximum Gasteiger partial charge on any atom is 0.244 e. The number of carbonyl (C=O) groups is 1. The molecule has 0 aliphatic carbocycles. The van der Waals surface area contributed by atoms with Gasteiger partial charge in [0.1, 0.15) is 0 Å². The first-order chi connectivity index (χ1) is 10.0. The molecule has 0 aliphatic rings. The van der Waals surface area contributed by atoms with Gasteiger partial charge in [-0.25, -0.2) is 0 Å². The second-order valence-corrected chi connectivity index (χ2v) is 6.06. The van der Waals surface area contributed by atoms with Crippen LogP contribution in [0.25, 0.3) is 6.08 Å². The summed E-state index contributed by atoms with van der Waals surface area (Å²) in [5.74, 6) is 0.530. The summed E-state index contributed by atoms with van der Waals surface area (Å²) in [6.45, 7) is 8.62. The quantitative estimate of drug-likeness (QED) is 0.534. The molecule has 0 saturated carbocycles. The van der Waals surface area contributed by atoms with Crippen LogP contribution >= 0.6 is 0 Å². The Morgan fingerprint density at radius 2 is 1.81 bits per heavy atom. The molecule has 0 aromatic heterocycles. The van der Waals surface area contributed by atoms with Crippen molar-refractivity contribution < 1.29 is 4.79 Å². The van der Waals surface area contributed by atoms with Crippen molar-refractivity contribution in [2.24, 2.45) is 0 Å². The lowest BCUT2D eigenvalue weighted by molar-refractivity contribution is -0.117. The SMILES string of the molecule is CCCCCC(C)NC(=O)C=Cc1ccc(C(C)C)cc1. The Morgan fingerprint density at radius 1 is 1.14 bits per heavy atom. The standard InChI is InChI=1S/C19H29NO/c1-5-6-7-8-16(4)20-19(21)14-11-17-9-12-18(13-10-17)15(2)3/h9-16H,5-8H2,1-4H3,(H,20,21). The van der Waals surface area contributed by atoms with E-state index in [9.17, 15) is 4.79 Å². The van der Waals surface area contributed by atoms with Gasteiger partial charge in [-0.05, 0) is 36.5 Å². The Hall–Kier alpha value is -1.57. The molecule has 0 radical (unpaired) electrons. The normalized spacial score (nSPS) is 12.8. The smallest absolute Gasteiger partial charge is 0.244 e. The summed E-state index contributed by atoms with van der Waals surface area (Å²) in [4.78, 5) is 11.8. The summed E-state index contributed by atoms with van der Waals surface area (Å²) in [5, 5.41) is 3.01. The van der Waals surface area contributed by atoms with Crippen LogP contribution in [0.3, 0.4) is 0 Å². The van der Waals surface area contributed by atoms with E-state index in [1.807, 2.05) is 6.08 Å². The van der Waals surface area contributed by atoms with Gasteiger partial charge in [-0.2, -0.15) is 0 Å². The minimum atomic E-state index is -0.00747. The highest BCUT2D eigenvalue weighted by Crippen LogP contribution is 2.15. The number of hydrogen-bond donors (Lipinski definition) is 1. The van der Waals surface area contributed by atoms with E-state index in [0.29, 0.717) is 5.92 Å². The second-order valence-electron chi connectivity index (χ2n) is 6.06. The number of benzene rings is 1. The molecule has 0 spiro atoms. The second kappa shape index (κ2) is 9.38. The lowest BCUT2D eigenvalue weighted by atomic mass is 10.0. The lowest BCUT2D eigenvalue weighted by Crippen LogP contribution is -2.30. The molecular weight excluding hydrogens is 258 g/mol. The fourth-order valence-corrected chi connectivity index (χ4v) is 2.23. The van der Waals surface area contributed by atoms with Crippen molar-refractivity contribution in [1.29, 1.82) is 0 Å². The Kier molecular flexibility index (Phi) is 7.81. The van der Waals surface area contributed by atoms with E-state index in [2.05, 4.69) is 57.3 Å². The van der Waals surface area contributed by atoms with Crippen molar-refractivity contribution in [3.8, 4) is 0 Å². The summed E-state index contributed by atoms with van der Waals surface area (Å²) in [6.07, 6.45) is 8.18. The third-order valence-electron chi connectivity index (χ3n) is 3.66. The highest BCUT2D eigenvalue weighted by molar-refractivity contribution is 5.91. The molecule has 1 rings (SSSR count). The van der Waals surface area contributed by atoms with E-state index in [1.54, 1.807) is 6.08 Å². The van der Waals surface area contributed by atoms with Crippen LogP contribution < -0.4 is 5.32 Å². The summed E-state index contributed by atoms with van der Waals surface area (Å²) in [7, 11) is 0. The van der Waals surface area contributed by atoms with Crippen molar-refractivity contribution in [2.45, 2.75) is 65.3 Å². The van der Waals surface area contributed by atoms with Crippen LogP contribution in [0.4, 0.5) is 0 Å². The summed E-state index contributed by atoms with van der Waals surface area (Å²) in [6, 6.07) is 8.61. The molecule has 1 atom stereocenters. The van der Waals surface area contributed by atoms with E-state index in [-0.39, 0.29) is 11.9 Å². The molecule has 1 aromatic carbocycles. The summed E-state index contributed by atoms with van der Waals surface area (Å²) >= 11 is 0. The van der Waals surface area contributed by atoms with Crippen molar-refractivity contribution in [3.63, 3.8) is 0 Å². The largest absolute Gasteiger partial charge is 0.350 e. The average Bonchev–Trinajstić information content (AvgIpc) is 2.46. The van der Waals surface area contributed by atoms with Crippen molar-refractivity contribution in [3.05, 3.63) is 41.5 Å². The third kappa shape index (κ3) is 7.12. The molecule has 1 amide bonds. The predicted octanol–water partition coefficient (Wildman–Crippen LogP) is 4.91. The molecule has 1 unspecified atom stereocenters. The van der Waals surface area contributed by atoms with Crippen LogP contribution in [0, 0.1) is 0 Å². The number of rotatable bonds is 8. The molecule has 1 aromatic rings. The van der Waals surface area contributed by atoms with Gasteiger partial charge in [0.2, 0.25) is 5.91 Å². The molecule has 0 saturated heterocycles. The van der Waals surface area contributed by atoms with Gasteiger partial charge in [0.15, 0.2) is 0 Å². The number of hydrogen-bond acceptors (Lipinski definition) is 1. The third-order valence-corrected chi connectivity index (χ3v) is 3.66. The van der Waals surface area contributed by atoms with Gasteiger partial charge in [-0.1, -0.05) is 64.3 Å². The molecule has 0 bridgehead atoms. The number of nitrogens with one attached hydrogen (secondary N) is 1. The van der Waals surface area contributed by atoms with E-state index in [4.69, 9.17) is 0 Å². The van der Waals surface area contributed by atoms with Gasteiger partial charge in [0.05, 0.1) is 0 Å². The zero-order chi connectivity index (χ0) is 15.7. The minimum Gasteiger partial charge on any atom is -0.350 e. The first-order valence-electron chi connectivity index (χ1n) is 8.11. The first-order valence-corrected chi connectivity index (χ1v) is 8.11. The maximum atomic E-state index is 11.8. The summed E-state index contributed by atoms with van der Waals surface area (Å²) in [5.41, 5.74) is 2.38. The topological polar surface area (TPSA) is 29.1 Å². The van der Waals surface area contributed by atoms with Crippen LogP contribution in [0.15, 0.2) is 30.3 Å². The maximum absolute atomic E-state index is 11.8. The first kappa shape index (κ1) is 17.5. The highest BCUT2D eigenvalue weighted by atomic mass is 16.1. The van der Waals surface area contributed by atoms with Gasteiger partial charge >= 0.3 is 0 Å². The zero-order valence-corrected chi connectivity index (χ0v) is 13.9. The van der Waals surface area contributed by atoms with Crippen LogP contribution in [0.2, 0.25) is 0 Å². The van der Waals surface area contributed by atoms with Crippen molar-refractivity contribution in [1.82, 2.24) is 5.32 Å². The fourth-order valence-electron chi connectivity index (χ4n) is 2.23. The van der Waals surface area contributed by atoms with Gasteiger partial charge in [-0.3, -0.25) is 4.79 Å². The molecule has 2 nitrogen and oxygen atoms in total. The van der Waals surface area contributed by atoms with Gasteiger partial charge in [-0.15, -0.1) is 0 Å². The molecular formula is C19H29NO. The molecule has 0 fully saturated rings. The van der Waals surface area contributed by atoms with Crippen molar-refractivity contribution >= 4 is 12.0 Å². The average molecular weight is 287 g/mol. The number of amides is 1. The molecule has 0 heterocycles. The lowest BCUT2D eigenvalue weighted by Gasteiger charge is -2.11. The molecule has 1 N–H and O–H groups in total. The molecule has 2 heteroatoms. The van der Waals surface area contributed by atoms with E-state index >= 15 is 0 Å². The number of carbonyl (C=O) groups excluding carboxylic acids is 1. The Bertz CT molecular complexity index is 445. The summed E-state index contributed by atoms with van der Waals surface area (Å²) < 4.78 is 0. The number of unbranched alkanes of at least 4 members (excludes halogenated alkanes) is 2. The Balaban J connectivity index is 2.42. The molecule has 116 valence electrons. The Labute approximate surface area is 129 Å². The molecule has 0 aliphatic heterocycles. The van der Waals surface area contributed by atoms with Crippen LogP contribution in [-0.4, -0.2) is 11.9 Å². The van der Waals surface area contributed by atoms with Crippen LogP contribution in [-0.2, 0) is 4.79 Å². The van der Waals surface area contributed by atoms with E-state index < -0.39 is 0 Å². The van der Waals surface area contributed by atoms with Gasteiger partial charge < -0.3 is 5.32 Å². The predicted molar refractivity (Wildman–Crippen MR) is 91.3 cm³/mol. The van der Waals surface area contributed by atoms with Crippen LogP contribution in [0.5, 0.6) is 0 Å². The van der Waals surface area contributed by atoms with E-state index in [1.165, 1.54) is 24.8 Å². The fraction of sp³-hybridized carbons (Fsp3) is 0.526. The van der Waals surface area contributed by atoms with Crippen LogP contribution in [0.1, 0.15) is 70.4 Å². The Morgan fingerprint density at radius 3 is 2.38 bits per heavy atom. The zero-order valence-electron chi connectivity index (χ0n) is 13.9. The van der Waals surface area contributed by atoms with Crippen molar-refractivity contribution in [2.75, 3.05) is 0 Å². The minimum absolute atomic E-state index is 0.00747. The van der Waals surface area contributed by atoms with Gasteiger partial charge in [0.25, 0.3) is 0 Å². The highest BCUT2D eigenvalue weighted by Gasteiger charge is 2.04. The monoisotopic (exact) mass is 287 g/mol. The molecule has 21 heavy (non-hydrogen) atoms. The van der Waals surface area contributed by atoms with E-state index in [0.717, 1.165) is 12.0 Å². The van der Waals surface area contributed by atoms with Gasteiger partial charge in [0, 0.05) is 12.1 Å².